The van der Waals surface area contributed by atoms with Crippen LogP contribution in [0.15, 0.2) is 24.5 Å². The van der Waals surface area contributed by atoms with E-state index in [0.717, 1.165) is 35.6 Å². The molecule has 2 N–H and O–H groups in total. The van der Waals surface area contributed by atoms with Crippen molar-refractivity contribution in [1.82, 2.24) is 34.9 Å². The molecule has 0 aliphatic carbocycles. The van der Waals surface area contributed by atoms with Crippen LogP contribution < -0.4 is 5.32 Å². The zero-order valence-corrected chi connectivity index (χ0v) is 17.2. The lowest BCUT2D eigenvalue weighted by molar-refractivity contribution is 0.196. The maximum atomic E-state index is 12.8. The molecule has 2 aromatic heterocycles. The van der Waals surface area contributed by atoms with E-state index >= 15 is 0 Å². The molecule has 0 spiro atoms. The highest BCUT2D eigenvalue weighted by atomic mass is 16.2. The van der Waals surface area contributed by atoms with Crippen LogP contribution in [-0.4, -0.2) is 42.7 Å². The number of hydrogen-bond donors (Lipinski definition) is 2. The number of fused-ring (bicyclic) bond motifs is 1. The first-order valence-electron chi connectivity index (χ1n) is 9.73. The molecule has 3 rings (SSSR count). The van der Waals surface area contributed by atoms with E-state index in [1.165, 1.54) is 5.56 Å². The fourth-order valence-electron chi connectivity index (χ4n) is 3.20. The number of nitrogens with one attached hydrogen (secondary N) is 2. The van der Waals surface area contributed by atoms with E-state index in [9.17, 15) is 4.79 Å². The van der Waals surface area contributed by atoms with Crippen LogP contribution in [-0.2, 0) is 13.1 Å². The van der Waals surface area contributed by atoms with Crippen molar-refractivity contribution in [1.29, 1.82) is 0 Å². The molecule has 2 amide bonds. The van der Waals surface area contributed by atoms with Crippen LogP contribution in [0.4, 0.5) is 4.79 Å². The predicted molar refractivity (Wildman–Crippen MR) is 109 cm³/mol. The fraction of sp³-hybridized carbons (Fsp3) is 0.500. The number of aromatic nitrogens is 5. The Morgan fingerprint density at radius 1 is 1.36 bits per heavy atom. The molecule has 8 heteroatoms. The zero-order chi connectivity index (χ0) is 20.3. The van der Waals surface area contributed by atoms with Gasteiger partial charge in [-0.2, -0.15) is 0 Å². The molecule has 0 radical (unpaired) electrons. The molecular weight excluding hydrogens is 354 g/mol. The van der Waals surface area contributed by atoms with E-state index in [0.29, 0.717) is 6.54 Å². The summed E-state index contributed by atoms with van der Waals surface area (Å²) < 4.78 is 1.98. The normalized spacial score (nSPS) is 12.5. The summed E-state index contributed by atoms with van der Waals surface area (Å²) in [4.78, 5) is 22.5. The SMILES string of the molecule is CCCn1cnnc1CN(C)C(=O)NC(c1nc2ccc(C)cc2[nH]1)C(C)C. The number of rotatable bonds is 7. The third kappa shape index (κ3) is 4.32. The van der Waals surface area contributed by atoms with Gasteiger partial charge >= 0.3 is 6.03 Å². The van der Waals surface area contributed by atoms with Crippen molar-refractivity contribution in [2.24, 2.45) is 5.92 Å². The molecule has 8 nitrogen and oxygen atoms in total. The molecule has 0 fully saturated rings. The van der Waals surface area contributed by atoms with Gasteiger partial charge in [0.25, 0.3) is 0 Å². The summed E-state index contributed by atoms with van der Waals surface area (Å²) in [5, 5.41) is 11.2. The minimum Gasteiger partial charge on any atom is -0.340 e. The van der Waals surface area contributed by atoms with Crippen molar-refractivity contribution in [2.75, 3.05) is 7.05 Å². The van der Waals surface area contributed by atoms with E-state index < -0.39 is 0 Å². The third-order valence-electron chi connectivity index (χ3n) is 4.78. The van der Waals surface area contributed by atoms with Crippen molar-refractivity contribution in [3.8, 4) is 0 Å². The first-order chi connectivity index (χ1) is 13.4. The van der Waals surface area contributed by atoms with Crippen molar-refractivity contribution in [3.63, 3.8) is 0 Å². The molecule has 1 aromatic carbocycles. The van der Waals surface area contributed by atoms with Crippen LogP contribution >= 0.6 is 0 Å². The van der Waals surface area contributed by atoms with Crippen molar-refractivity contribution >= 4 is 17.1 Å². The van der Waals surface area contributed by atoms with Crippen molar-refractivity contribution < 1.29 is 4.79 Å². The molecular formula is C20H29N7O. The Bertz CT molecular complexity index is 943. The second-order valence-electron chi connectivity index (χ2n) is 7.61. The molecule has 0 bridgehead atoms. The monoisotopic (exact) mass is 383 g/mol. The molecule has 1 atom stereocenters. The number of carbonyl (C=O) groups is 1. The Kier molecular flexibility index (Phi) is 5.96. The van der Waals surface area contributed by atoms with Crippen LogP contribution in [0, 0.1) is 12.8 Å². The smallest absolute Gasteiger partial charge is 0.318 e. The molecule has 0 saturated carbocycles. The van der Waals surface area contributed by atoms with E-state index in [4.69, 9.17) is 0 Å². The highest BCUT2D eigenvalue weighted by molar-refractivity contribution is 5.77. The Morgan fingerprint density at radius 2 is 2.14 bits per heavy atom. The number of hydrogen-bond acceptors (Lipinski definition) is 4. The second kappa shape index (κ2) is 8.41. The molecule has 0 aliphatic rings. The lowest BCUT2D eigenvalue weighted by Gasteiger charge is -2.24. The summed E-state index contributed by atoms with van der Waals surface area (Å²) >= 11 is 0. The van der Waals surface area contributed by atoms with E-state index in [1.807, 2.05) is 23.6 Å². The standard InChI is InChI=1S/C20H29N7O/c1-6-9-27-12-21-25-17(27)11-26(5)20(28)24-18(13(2)3)19-22-15-8-7-14(4)10-16(15)23-19/h7-8,10,12-13,18H,6,9,11H2,1-5H3,(H,22,23)(H,24,28). The number of H-pyrrole nitrogens is 1. The molecule has 1 unspecified atom stereocenters. The van der Waals surface area contributed by atoms with Gasteiger partial charge < -0.3 is 19.8 Å². The number of aryl methyl sites for hydroxylation is 2. The van der Waals surface area contributed by atoms with Gasteiger partial charge in [-0.05, 0) is 37.0 Å². The molecule has 3 aromatic rings. The Morgan fingerprint density at radius 3 is 2.86 bits per heavy atom. The highest BCUT2D eigenvalue weighted by Crippen LogP contribution is 2.23. The first kappa shape index (κ1) is 19.9. The largest absolute Gasteiger partial charge is 0.340 e. The van der Waals surface area contributed by atoms with Gasteiger partial charge in [-0.15, -0.1) is 10.2 Å². The van der Waals surface area contributed by atoms with Crippen LogP contribution in [0.25, 0.3) is 11.0 Å². The summed E-state index contributed by atoms with van der Waals surface area (Å²) in [6, 6.07) is 5.72. The molecule has 28 heavy (non-hydrogen) atoms. The Balaban J connectivity index is 1.73. The zero-order valence-electron chi connectivity index (χ0n) is 17.2. The van der Waals surface area contributed by atoms with Gasteiger partial charge in [-0.25, -0.2) is 9.78 Å². The molecule has 0 aliphatic heterocycles. The summed E-state index contributed by atoms with van der Waals surface area (Å²) in [7, 11) is 1.76. The molecule has 150 valence electrons. The summed E-state index contributed by atoms with van der Waals surface area (Å²) in [5.41, 5.74) is 3.06. The average molecular weight is 384 g/mol. The van der Waals surface area contributed by atoms with Gasteiger partial charge in [-0.1, -0.05) is 26.8 Å². The topological polar surface area (TPSA) is 91.7 Å². The first-order valence-corrected chi connectivity index (χ1v) is 9.73. The quantitative estimate of drug-likeness (QED) is 0.654. The van der Waals surface area contributed by atoms with Crippen molar-refractivity contribution in [3.05, 3.63) is 41.7 Å². The summed E-state index contributed by atoms with van der Waals surface area (Å²) in [6.07, 6.45) is 2.69. The van der Waals surface area contributed by atoms with E-state index in [1.54, 1.807) is 18.3 Å². The number of urea groups is 1. The maximum absolute atomic E-state index is 12.8. The second-order valence-corrected chi connectivity index (χ2v) is 7.61. The number of aromatic amines is 1. The lowest BCUT2D eigenvalue weighted by Crippen LogP contribution is -2.41. The van der Waals surface area contributed by atoms with Gasteiger partial charge in [0.05, 0.1) is 23.6 Å². The van der Waals surface area contributed by atoms with Crippen molar-refractivity contribution in [2.45, 2.75) is 53.2 Å². The number of benzene rings is 1. The highest BCUT2D eigenvalue weighted by Gasteiger charge is 2.24. The number of amides is 2. The van der Waals surface area contributed by atoms with Gasteiger partial charge in [0.2, 0.25) is 0 Å². The summed E-state index contributed by atoms with van der Waals surface area (Å²) in [6.45, 7) is 9.53. The van der Waals surface area contributed by atoms with Crippen LogP contribution in [0.3, 0.4) is 0 Å². The average Bonchev–Trinajstić information content (AvgIpc) is 3.25. The van der Waals surface area contributed by atoms with Crippen LogP contribution in [0.1, 0.15) is 50.4 Å². The Labute approximate surface area is 165 Å². The molecule has 0 saturated heterocycles. The van der Waals surface area contributed by atoms with Gasteiger partial charge in [0, 0.05) is 13.6 Å². The summed E-state index contributed by atoms with van der Waals surface area (Å²) in [5.74, 6) is 1.73. The van der Waals surface area contributed by atoms with Crippen LogP contribution in [0.2, 0.25) is 0 Å². The fourth-order valence-corrected chi connectivity index (χ4v) is 3.20. The number of nitrogens with zero attached hydrogens (tertiary/aromatic N) is 5. The van der Waals surface area contributed by atoms with E-state index in [-0.39, 0.29) is 18.0 Å². The van der Waals surface area contributed by atoms with E-state index in [2.05, 4.69) is 52.3 Å². The minimum atomic E-state index is -0.212. The minimum absolute atomic E-state index is 0.165. The molecule has 2 heterocycles. The number of imidazole rings is 1. The Hall–Kier alpha value is -2.90. The van der Waals surface area contributed by atoms with Gasteiger partial charge in [0.1, 0.15) is 12.2 Å². The lowest BCUT2D eigenvalue weighted by atomic mass is 10.0. The number of carbonyl (C=O) groups excluding carboxylic acids is 1. The predicted octanol–water partition coefficient (Wildman–Crippen LogP) is 3.41. The van der Waals surface area contributed by atoms with Crippen LogP contribution in [0.5, 0.6) is 0 Å². The third-order valence-corrected chi connectivity index (χ3v) is 4.78. The van der Waals surface area contributed by atoms with Gasteiger partial charge in [0.15, 0.2) is 5.82 Å². The maximum Gasteiger partial charge on any atom is 0.318 e. The van der Waals surface area contributed by atoms with Gasteiger partial charge in [-0.3, -0.25) is 0 Å².